The summed E-state index contributed by atoms with van der Waals surface area (Å²) in [5, 5.41) is 3.25. The molecule has 26 heavy (non-hydrogen) atoms. The van der Waals surface area contributed by atoms with Crippen LogP contribution in [0.25, 0.3) is 0 Å². The summed E-state index contributed by atoms with van der Waals surface area (Å²) in [4.78, 5) is 21.3. The Morgan fingerprint density at radius 2 is 2.04 bits per heavy atom. The molecule has 0 aromatic carbocycles. The maximum Gasteiger partial charge on any atom is 0.317 e. The lowest BCUT2D eigenvalue weighted by Gasteiger charge is -2.56. The van der Waals surface area contributed by atoms with Crippen LogP contribution in [0.2, 0.25) is 0 Å². The zero-order valence-electron chi connectivity index (χ0n) is 15.7. The first-order chi connectivity index (χ1) is 12.7. The van der Waals surface area contributed by atoms with E-state index in [-0.39, 0.29) is 17.5 Å². The molecule has 1 aliphatic carbocycles. The fraction of sp³-hybridized carbons (Fsp3) is 0.700. The van der Waals surface area contributed by atoms with Crippen LogP contribution >= 0.6 is 0 Å². The Balaban J connectivity index is 1.24. The molecular weight excluding hydrogens is 328 g/mol. The zero-order chi connectivity index (χ0) is 18.0. The highest BCUT2D eigenvalue weighted by atomic mass is 16.5. The fourth-order valence-corrected chi connectivity index (χ4v) is 4.69. The van der Waals surface area contributed by atoms with Gasteiger partial charge in [-0.1, -0.05) is 12.5 Å². The number of urea groups is 1. The molecule has 2 amide bonds. The molecule has 3 aliphatic rings. The Bertz CT molecular complexity index is 605. The van der Waals surface area contributed by atoms with Gasteiger partial charge in [-0.3, -0.25) is 0 Å². The Kier molecular flexibility index (Phi) is 5.02. The van der Waals surface area contributed by atoms with E-state index in [1.165, 1.54) is 19.3 Å². The van der Waals surface area contributed by atoms with Crippen LogP contribution in [-0.4, -0.2) is 61.9 Å². The molecule has 4 rings (SSSR count). The van der Waals surface area contributed by atoms with E-state index in [0.29, 0.717) is 0 Å². The predicted octanol–water partition coefficient (Wildman–Crippen LogP) is 2.51. The lowest BCUT2D eigenvalue weighted by Crippen LogP contribution is -2.67. The first-order valence-corrected chi connectivity index (χ1v) is 9.90. The van der Waals surface area contributed by atoms with E-state index in [1.807, 2.05) is 23.2 Å². The summed E-state index contributed by atoms with van der Waals surface area (Å²) in [6.07, 6.45) is 7.71. The number of methoxy groups -OCH3 is 1. The largest absolute Gasteiger partial charge is 0.384 e. The molecule has 3 fully saturated rings. The van der Waals surface area contributed by atoms with Crippen LogP contribution < -0.4 is 10.2 Å². The summed E-state index contributed by atoms with van der Waals surface area (Å²) in [5.41, 5.74) is 0.215. The van der Waals surface area contributed by atoms with Crippen molar-refractivity contribution in [1.82, 2.24) is 15.2 Å². The topological polar surface area (TPSA) is 57.7 Å². The van der Waals surface area contributed by atoms with Crippen molar-refractivity contribution in [3.05, 3.63) is 24.4 Å². The van der Waals surface area contributed by atoms with Crippen LogP contribution in [0, 0.1) is 11.3 Å². The van der Waals surface area contributed by atoms with Gasteiger partial charge in [0.05, 0.1) is 6.61 Å². The van der Waals surface area contributed by atoms with E-state index in [1.54, 1.807) is 7.11 Å². The SMILES string of the molecule is COCC1(C2CCC2)CN(C(=O)NC2CCN(c3ccccn3)CC2)C1. The number of likely N-dealkylation sites (tertiary alicyclic amines) is 1. The van der Waals surface area contributed by atoms with Gasteiger partial charge < -0.3 is 19.9 Å². The molecule has 6 nitrogen and oxygen atoms in total. The first-order valence-electron chi connectivity index (χ1n) is 9.90. The molecule has 1 N–H and O–H groups in total. The third-order valence-electron chi connectivity index (χ3n) is 6.50. The number of pyridine rings is 1. The Morgan fingerprint density at radius 3 is 2.62 bits per heavy atom. The van der Waals surface area contributed by atoms with Crippen molar-refractivity contribution in [2.75, 3.05) is 44.8 Å². The molecule has 1 aromatic rings. The normalized spacial score (nSPS) is 23.3. The highest BCUT2D eigenvalue weighted by Gasteiger charge is 2.52. The predicted molar refractivity (Wildman–Crippen MR) is 101 cm³/mol. The summed E-state index contributed by atoms with van der Waals surface area (Å²) in [5.74, 6) is 1.78. The minimum atomic E-state index is 0.104. The number of piperidine rings is 1. The molecule has 6 heteroatoms. The smallest absolute Gasteiger partial charge is 0.317 e. The fourth-order valence-electron chi connectivity index (χ4n) is 4.69. The second-order valence-electron chi connectivity index (χ2n) is 8.18. The highest BCUT2D eigenvalue weighted by Crippen LogP contribution is 2.48. The average Bonchev–Trinajstić information content (AvgIpc) is 2.59. The summed E-state index contributed by atoms with van der Waals surface area (Å²) >= 11 is 0. The van der Waals surface area contributed by atoms with Gasteiger partial charge in [0.1, 0.15) is 5.82 Å². The number of hydrogen-bond donors (Lipinski definition) is 1. The van der Waals surface area contributed by atoms with E-state index in [9.17, 15) is 4.79 Å². The Labute approximate surface area is 155 Å². The lowest BCUT2D eigenvalue weighted by atomic mass is 9.61. The molecular formula is C20H30N4O2. The van der Waals surface area contributed by atoms with E-state index >= 15 is 0 Å². The van der Waals surface area contributed by atoms with Gasteiger partial charge >= 0.3 is 6.03 Å². The quantitative estimate of drug-likeness (QED) is 0.879. The molecule has 142 valence electrons. The molecule has 0 unspecified atom stereocenters. The number of carbonyl (C=O) groups excluding carboxylic acids is 1. The van der Waals surface area contributed by atoms with Crippen LogP contribution in [-0.2, 0) is 4.74 Å². The number of nitrogens with one attached hydrogen (secondary N) is 1. The van der Waals surface area contributed by atoms with Crippen molar-refractivity contribution in [3.63, 3.8) is 0 Å². The lowest BCUT2D eigenvalue weighted by molar-refractivity contribution is -0.0942. The first kappa shape index (κ1) is 17.6. The van der Waals surface area contributed by atoms with Crippen LogP contribution in [0.3, 0.4) is 0 Å². The number of anilines is 1. The average molecular weight is 358 g/mol. The van der Waals surface area contributed by atoms with Gasteiger partial charge in [-0.15, -0.1) is 0 Å². The molecule has 2 saturated heterocycles. The molecule has 3 heterocycles. The monoisotopic (exact) mass is 358 g/mol. The minimum Gasteiger partial charge on any atom is -0.384 e. The summed E-state index contributed by atoms with van der Waals surface area (Å²) in [6, 6.07) is 6.39. The number of ether oxygens (including phenoxy) is 1. The summed E-state index contributed by atoms with van der Waals surface area (Å²) in [6.45, 7) is 4.37. The van der Waals surface area contributed by atoms with E-state index in [2.05, 4.69) is 21.3 Å². The van der Waals surface area contributed by atoms with Crippen molar-refractivity contribution in [3.8, 4) is 0 Å². The van der Waals surface area contributed by atoms with E-state index < -0.39 is 0 Å². The van der Waals surface area contributed by atoms with E-state index in [0.717, 1.165) is 57.4 Å². The van der Waals surface area contributed by atoms with Gasteiger partial charge in [-0.2, -0.15) is 0 Å². The van der Waals surface area contributed by atoms with Gasteiger partial charge in [0.25, 0.3) is 0 Å². The molecule has 1 aromatic heterocycles. The maximum atomic E-state index is 12.6. The summed E-state index contributed by atoms with van der Waals surface area (Å²) < 4.78 is 5.47. The molecule has 0 spiro atoms. The van der Waals surface area contributed by atoms with Crippen LogP contribution in [0.1, 0.15) is 32.1 Å². The van der Waals surface area contributed by atoms with Crippen LogP contribution in [0.15, 0.2) is 24.4 Å². The van der Waals surface area contributed by atoms with Crippen molar-refractivity contribution in [2.45, 2.75) is 38.1 Å². The molecule has 2 aliphatic heterocycles. The van der Waals surface area contributed by atoms with E-state index in [4.69, 9.17) is 4.74 Å². The van der Waals surface area contributed by atoms with Crippen LogP contribution in [0.4, 0.5) is 10.6 Å². The third kappa shape index (κ3) is 3.39. The molecule has 1 saturated carbocycles. The van der Waals surface area contributed by atoms with Gasteiger partial charge in [-0.05, 0) is 43.7 Å². The second-order valence-corrected chi connectivity index (χ2v) is 8.18. The van der Waals surface area contributed by atoms with Crippen molar-refractivity contribution in [1.29, 1.82) is 0 Å². The number of rotatable bonds is 5. The Morgan fingerprint density at radius 1 is 1.27 bits per heavy atom. The van der Waals surface area contributed by atoms with Gasteiger partial charge in [0, 0.05) is 50.9 Å². The van der Waals surface area contributed by atoms with Gasteiger partial charge in [-0.25, -0.2) is 9.78 Å². The third-order valence-corrected chi connectivity index (χ3v) is 6.50. The van der Waals surface area contributed by atoms with Crippen LogP contribution in [0.5, 0.6) is 0 Å². The summed E-state index contributed by atoms with van der Waals surface area (Å²) in [7, 11) is 1.78. The highest BCUT2D eigenvalue weighted by molar-refractivity contribution is 5.75. The second kappa shape index (κ2) is 7.43. The van der Waals surface area contributed by atoms with Crippen molar-refractivity contribution < 1.29 is 9.53 Å². The number of amides is 2. The standard InChI is InChI=1S/C20H30N4O2/c1-26-15-20(16-5-4-6-16)13-24(14-20)19(25)22-17-8-11-23(12-9-17)18-7-2-3-10-21-18/h2-3,7,10,16-17H,4-6,8-9,11-15H2,1H3,(H,22,25). The molecule has 0 bridgehead atoms. The number of carbonyl (C=O) groups is 1. The zero-order valence-corrected chi connectivity index (χ0v) is 15.7. The Hall–Kier alpha value is -1.82. The molecule has 0 atom stereocenters. The maximum absolute atomic E-state index is 12.6. The van der Waals surface area contributed by atoms with Crippen molar-refractivity contribution in [2.24, 2.45) is 11.3 Å². The number of hydrogen-bond acceptors (Lipinski definition) is 4. The van der Waals surface area contributed by atoms with Gasteiger partial charge in [0.2, 0.25) is 0 Å². The molecule has 0 radical (unpaired) electrons. The minimum absolute atomic E-state index is 0.104. The number of aromatic nitrogens is 1. The van der Waals surface area contributed by atoms with Crippen molar-refractivity contribution >= 4 is 11.8 Å². The van der Waals surface area contributed by atoms with Gasteiger partial charge in [0.15, 0.2) is 0 Å². The number of nitrogens with zero attached hydrogens (tertiary/aromatic N) is 3.